The van der Waals surface area contributed by atoms with Crippen molar-refractivity contribution in [1.82, 2.24) is 0 Å². The maximum atomic E-state index is 12.0. The smallest absolute Gasteiger partial charge is 0.233 e. The van der Waals surface area contributed by atoms with Crippen molar-refractivity contribution < 1.29 is 8.42 Å². The zero-order chi connectivity index (χ0) is 15.3. The van der Waals surface area contributed by atoms with Gasteiger partial charge in [0.2, 0.25) is 10.0 Å². The van der Waals surface area contributed by atoms with Crippen molar-refractivity contribution in [3.05, 3.63) is 24.3 Å². The fourth-order valence-electron chi connectivity index (χ4n) is 2.44. The van der Waals surface area contributed by atoms with Gasteiger partial charge in [0, 0.05) is 21.7 Å². The Morgan fingerprint density at radius 2 is 1.90 bits per heavy atom. The summed E-state index contributed by atoms with van der Waals surface area (Å²) in [5.41, 5.74) is 0.618. The van der Waals surface area contributed by atoms with E-state index in [0.29, 0.717) is 11.6 Å². The molecule has 0 saturated heterocycles. The Morgan fingerprint density at radius 1 is 1.29 bits per heavy atom. The van der Waals surface area contributed by atoms with Gasteiger partial charge >= 0.3 is 0 Å². The molecule has 6 heteroatoms. The summed E-state index contributed by atoms with van der Waals surface area (Å²) in [6.45, 7) is 1.83. The lowest BCUT2D eigenvalue weighted by Crippen LogP contribution is -2.22. The lowest BCUT2D eigenvalue weighted by molar-refractivity contribution is 0.588. The van der Waals surface area contributed by atoms with Gasteiger partial charge in [-0.3, -0.25) is 4.72 Å². The second-order valence-corrected chi connectivity index (χ2v) is 9.14. The van der Waals surface area contributed by atoms with Crippen molar-refractivity contribution in [1.29, 1.82) is 0 Å². The summed E-state index contributed by atoms with van der Waals surface area (Å²) < 4.78 is 26.5. The highest BCUT2D eigenvalue weighted by Crippen LogP contribution is 2.35. The molecule has 0 heterocycles. The number of rotatable bonds is 7. The number of halogens is 1. The lowest BCUT2D eigenvalue weighted by atomic mass is 10.3. The van der Waals surface area contributed by atoms with Crippen LogP contribution in [-0.2, 0) is 10.0 Å². The first-order valence-corrected chi connectivity index (χ1v) is 10.4. The van der Waals surface area contributed by atoms with Crippen LogP contribution < -0.4 is 4.72 Å². The quantitative estimate of drug-likeness (QED) is 0.746. The third-order valence-electron chi connectivity index (χ3n) is 3.50. The molecule has 1 aromatic carbocycles. The van der Waals surface area contributed by atoms with Crippen LogP contribution in [0.5, 0.6) is 0 Å². The van der Waals surface area contributed by atoms with E-state index in [4.69, 9.17) is 11.6 Å². The molecule has 1 unspecified atom stereocenters. The van der Waals surface area contributed by atoms with E-state index >= 15 is 0 Å². The largest absolute Gasteiger partial charge is 0.284 e. The zero-order valence-corrected chi connectivity index (χ0v) is 14.6. The van der Waals surface area contributed by atoms with Gasteiger partial charge in [0.1, 0.15) is 0 Å². The molecule has 0 radical (unpaired) electrons. The van der Waals surface area contributed by atoms with Crippen molar-refractivity contribution in [2.75, 3.05) is 16.4 Å². The monoisotopic (exact) mass is 347 g/mol. The van der Waals surface area contributed by atoms with Crippen molar-refractivity contribution in [2.24, 2.45) is 5.92 Å². The van der Waals surface area contributed by atoms with Gasteiger partial charge in [-0.2, -0.15) is 0 Å². The van der Waals surface area contributed by atoms with Gasteiger partial charge in [-0.25, -0.2) is 8.42 Å². The lowest BCUT2D eigenvalue weighted by Gasteiger charge is -2.12. The van der Waals surface area contributed by atoms with Crippen LogP contribution in [-0.4, -0.2) is 25.3 Å². The van der Waals surface area contributed by atoms with Crippen LogP contribution in [0.2, 0.25) is 0 Å². The van der Waals surface area contributed by atoms with E-state index < -0.39 is 10.0 Å². The van der Waals surface area contributed by atoms with Crippen LogP contribution in [0.3, 0.4) is 0 Å². The first-order valence-electron chi connectivity index (χ1n) is 7.31. The van der Waals surface area contributed by atoms with E-state index in [1.807, 2.05) is 43.0 Å². The van der Waals surface area contributed by atoms with E-state index in [1.165, 1.54) is 30.6 Å². The van der Waals surface area contributed by atoms with Crippen LogP contribution >= 0.6 is 23.4 Å². The van der Waals surface area contributed by atoms with Gasteiger partial charge in [0.05, 0.1) is 5.75 Å². The molecule has 0 amide bonds. The fraction of sp³-hybridized carbons (Fsp3) is 0.600. The average Bonchev–Trinajstić information content (AvgIpc) is 2.93. The van der Waals surface area contributed by atoms with Crippen LogP contribution in [0, 0.1) is 5.92 Å². The predicted octanol–water partition coefficient (Wildman–Crippen LogP) is 4.34. The summed E-state index contributed by atoms with van der Waals surface area (Å²) in [4.78, 5) is 1.21. The van der Waals surface area contributed by atoms with Gasteiger partial charge in [-0.15, -0.1) is 23.4 Å². The minimum atomic E-state index is -3.32. The highest BCUT2D eigenvalue weighted by Gasteiger charge is 2.17. The third-order valence-corrected chi connectivity index (χ3v) is 6.93. The Kier molecular flexibility index (Phi) is 6.26. The number of hydrogen-bond donors (Lipinski definition) is 1. The summed E-state index contributed by atoms with van der Waals surface area (Å²) in [7, 11) is -3.32. The van der Waals surface area contributed by atoms with Crippen LogP contribution in [0.4, 0.5) is 5.69 Å². The summed E-state index contributed by atoms with van der Waals surface area (Å²) >= 11 is 7.57. The number of hydrogen-bond acceptors (Lipinski definition) is 3. The minimum absolute atomic E-state index is 0.0507. The normalized spacial score (nSPS) is 17.8. The molecule has 0 spiro atoms. The molecule has 2 rings (SSSR count). The molecule has 1 aromatic rings. The molecule has 118 valence electrons. The predicted molar refractivity (Wildman–Crippen MR) is 91.8 cm³/mol. The topological polar surface area (TPSA) is 46.2 Å². The molecule has 0 aliphatic heterocycles. The van der Waals surface area contributed by atoms with Crippen LogP contribution in [0.1, 0.15) is 32.6 Å². The summed E-state index contributed by atoms with van der Waals surface area (Å²) in [6, 6.07) is 7.65. The van der Waals surface area contributed by atoms with E-state index in [2.05, 4.69) is 4.72 Å². The number of sulfonamides is 1. The number of benzene rings is 1. The van der Waals surface area contributed by atoms with Gasteiger partial charge in [-0.1, -0.05) is 19.8 Å². The second-order valence-electron chi connectivity index (χ2n) is 5.69. The molecule has 1 fully saturated rings. The number of thioether (sulfide) groups is 1. The van der Waals surface area contributed by atoms with Gasteiger partial charge < -0.3 is 0 Å². The molecular weight excluding hydrogens is 326 g/mol. The Morgan fingerprint density at radius 3 is 2.48 bits per heavy atom. The maximum absolute atomic E-state index is 12.0. The molecule has 3 nitrogen and oxygen atoms in total. The fourth-order valence-corrected chi connectivity index (χ4v) is 5.37. The van der Waals surface area contributed by atoms with Gasteiger partial charge in [-0.05, 0) is 43.0 Å². The molecule has 0 aromatic heterocycles. The summed E-state index contributed by atoms with van der Waals surface area (Å²) in [5, 5.41) is 0.720. The Labute approximate surface area is 136 Å². The molecule has 0 bridgehead atoms. The van der Waals surface area contributed by atoms with Crippen LogP contribution in [0.15, 0.2) is 29.2 Å². The van der Waals surface area contributed by atoms with Crippen molar-refractivity contribution >= 4 is 39.1 Å². The van der Waals surface area contributed by atoms with Crippen molar-refractivity contribution in [2.45, 2.75) is 42.8 Å². The molecule has 1 atom stereocenters. The first-order chi connectivity index (χ1) is 9.98. The van der Waals surface area contributed by atoms with Gasteiger partial charge in [0.25, 0.3) is 0 Å². The Bertz CT molecular complexity index is 539. The van der Waals surface area contributed by atoms with Crippen LogP contribution in [0.25, 0.3) is 0 Å². The van der Waals surface area contributed by atoms with E-state index in [1.54, 1.807) is 0 Å². The second kappa shape index (κ2) is 7.75. The van der Waals surface area contributed by atoms with Crippen molar-refractivity contribution in [3.63, 3.8) is 0 Å². The first kappa shape index (κ1) is 17.0. The minimum Gasteiger partial charge on any atom is -0.284 e. The molecule has 21 heavy (non-hydrogen) atoms. The van der Waals surface area contributed by atoms with E-state index in [0.717, 1.165) is 5.25 Å². The zero-order valence-electron chi connectivity index (χ0n) is 12.2. The molecular formula is C15H22ClNO2S2. The summed E-state index contributed by atoms with van der Waals surface area (Å²) in [6.07, 6.45) is 5.23. The SMILES string of the molecule is CC(CCl)CS(=O)(=O)Nc1ccc(SC2CCCC2)cc1. The number of anilines is 1. The average molecular weight is 348 g/mol. The van der Waals surface area contributed by atoms with Gasteiger partial charge in [0.15, 0.2) is 0 Å². The number of nitrogens with one attached hydrogen (secondary N) is 1. The molecule has 1 aliphatic carbocycles. The third kappa shape index (κ3) is 5.72. The highest BCUT2D eigenvalue weighted by atomic mass is 35.5. The molecule has 1 aliphatic rings. The highest BCUT2D eigenvalue weighted by molar-refractivity contribution is 8.00. The number of alkyl halides is 1. The maximum Gasteiger partial charge on any atom is 0.233 e. The van der Waals surface area contributed by atoms with E-state index in [9.17, 15) is 8.42 Å². The van der Waals surface area contributed by atoms with E-state index in [-0.39, 0.29) is 11.7 Å². The standard InChI is InChI=1S/C15H22ClNO2S2/c1-12(10-16)11-21(18,19)17-13-6-8-15(9-7-13)20-14-4-2-3-5-14/h6-9,12,14,17H,2-5,10-11H2,1H3. The van der Waals surface area contributed by atoms with Crippen molar-refractivity contribution in [3.8, 4) is 0 Å². The summed E-state index contributed by atoms with van der Waals surface area (Å²) in [5.74, 6) is 0.341. The Hall–Kier alpha value is -0.390. The molecule has 1 N–H and O–H groups in total. The molecule has 1 saturated carbocycles. The Balaban J connectivity index is 1.92.